The number of nitrogens with zero attached hydrogens (tertiary/aromatic N) is 2. The van der Waals surface area contributed by atoms with Gasteiger partial charge in [0.2, 0.25) is 0 Å². The number of amidine groups is 1. The zero-order chi connectivity index (χ0) is 14.5. The molecule has 2 rings (SSSR count). The molecule has 0 saturated carbocycles. The molecule has 0 bridgehead atoms. The van der Waals surface area contributed by atoms with E-state index in [1.54, 1.807) is 19.1 Å². The Labute approximate surface area is 116 Å². The van der Waals surface area contributed by atoms with Crippen LogP contribution in [0, 0.1) is 12.3 Å². The summed E-state index contributed by atoms with van der Waals surface area (Å²) in [6.45, 7) is 1.81. The number of aromatic nitrogens is 2. The maximum Gasteiger partial charge on any atom is 0.322 e. The van der Waals surface area contributed by atoms with Gasteiger partial charge in [-0.2, -0.15) is 4.98 Å². The van der Waals surface area contributed by atoms with Gasteiger partial charge in [0.25, 0.3) is 0 Å². The third-order valence-corrected chi connectivity index (χ3v) is 2.66. The zero-order valence-electron chi connectivity index (χ0n) is 11.1. The second-order valence-electron chi connectivity index (χ2n) is 4.27. The van der Waals surface area contributed by atoms with Crippen LogP contribution >= 0.6 is 0 Å². The SMILES string of the molecule is Cc1cc(C(=N)N)nc(Oc2ccccc2CCO)n1. The van der Waals surface area contributed by atoms with Crippen molar-refractivity contribution in [3.8, 4) is 11.8 Å². The molecule has 4 N–H and O–H groups in total. The highest BCUT2D eigenvalue weighted by molar-refractivity contribution is 5.93. The van der Waals surface area contributed by atoms with E-state index in [1.807, 2.05) is 18.2 Å². The topological polar surface area (TPSA) is 105 Å². The maximum absolute atomic E-state index is 9.04. The molecule has 6 nitrogen and oxygen atoms in total. The Morgan fingerprint density at radius 1 is 1.35 bits per heavy atom. The molecule has 1 heterocycles. The molecule has 0 aliphatic carbocycles. The van der Waals surface area contributed by atoms with Crippen LogP contribution in [0.25, 0.3) is 0 Å². The number of rotatable bonds is 5. The zero-order valence-corrected chi connectivity index (χ0v) is 11.1. The lowest BCUT2D eigenvalue weighted by molar-refractivity contribution is 0.297. The van der Waals surface area contributed by atoms with E-state index >= 15 is 0 Å². The van der Waals surface area contributed by atoms with Gasteiger partial charge >= 0.3 is 6.01 Å². The number of aliphatic hydroxyl groups is 1. The smallest absolute Gasteiger partial charge is 0.322 e. The highest BCUT2D eigenvalue weighted by Gasteiger charge is 2.09. The maximum atomic E-state index is 9.04. The average molecular weight is 272 g/mol. The van der Waals surface area contributed by atoms with E-state index in [0.717, 1.165) is 5.56 Å². The molecule has 1 aromatic heterocycles. The van der Waals surface area contributed by atoms with Crippen LogP contribution in [0.2, 0.25) is 0 Å². The number of hydrogen-bond donors (Lipinski definition) is 3. The fourth-order valence-electron chi connectivity index (χ4n) is 1.75. The van der Waals surface area contributed by atoms with Crippen molar-refractivity contribution in [1.82, 2.24) is 9.97 Å². The van der Waals surface area contributed by atoms with E-state index in [1.165, 1.54) is 0 Å². The van der Waals surface area contributed by atoms with Crippen molar-refractivity contribution in [3.05, 3.63) is 47.3 Å². The number of nitrogens with two attached hydrogens (primary N) is 1. The van der Waals surface area contributed by atoms with Gasteiger partial charge in [0.15, 0.2) is 0 Å². The normalized spacial score (nSPS) is 10.3. The Morgan fingerprint density at radius 2 is 2.10 bits per heavy atom. The van der Waals surface area contributed by atoms with Gasteiger partial charge in [0.05, 0.1) is 0 Å². The van der Waals surface area contributed by atoms with Crippen LogP contribution in [-0.4, -0.2) is 27.5 Å². The Balaban J connectivity index is 2.32. The van der Waals surface area contributed by atoms with Crippen LogP contribution in [-0.2, 0) is 6.42 Å². The van der Waals surface area contributed by atoms with Crippen molar-refractivity contribution < 1.29 is 9.84 Å². The quantitative estimate of drug-likeness (QED) is 0.563. The van der Waals surface area contributed by atoms with Gasteiger partial charge < -0.3 is 15.6 Å². The molecule has 2 aromatic rings. The molecule has 6 heteroatoms. The van der Waals surface area contributed by atoms with E-state index in [-0.39, 0.29) is 18.5 Å². The molecule has 0 saturated heterocycles. The highest BCUT2D eigenvalue weighted by atomic mass is 16.5. The van der Waals surface area contributed by atoms with Crippen LogP contribution in [0.15, 0.2) is 30.3 Å². The number of aliphatic hydroxyl groups excluding tert-OH is 1. The molecule has 0 aliphatic rings. The number of ether oxygens (including phenoxy) is 1. The molecule has 0 fully saturated rings. The lowest BCUT2D eigenvalue weighted by Gasteiger charge is -2.10. The molecule has 1 aromatic carbocycles. The summed E-state index contributed by atoms with van der Waals surface area (Å²) >= 11 is 0. The summed E-state index contributed by atoms with van der Waals surface area (Å²) < 4.78 is 5.65. The van der Waals surface area contributed by atoms with Crippen molar-refractivity contribution >= 4 is 5.84 Å². The molecule has 20 heavy (non-hydrogen) atoms. The first kappa shape index (κ1) is 14.0. The van der Waals surface area contributed by atoms with Gasteiger partial charge in [0.1, 0.15) is 17.3 Å². The Kier molecular flexibility index (Phi) is 4.27. The molecule has 104 valence electrons. The monoisotopic (exact) mass is 272 g/mol. The predicted octanol–water partition coefficient (Wildman–Crippen LogP) is 1.40. The van der Waals surface area contributed by atoms with Gasteiger partial charge in [-0.3, -0.25) is 5.41 Å². The second kappa shape index (κ2) is 6.12. The van der Waals surface area contributed by atoms with Gasteiger partial charge in [0, 0.05) is 12.3 Å². The Bertz CT molecular complexity index is 628. The summed E-state index contributed by atoms with van der Waals surface area (Å²) in [5.74, 6) is 0.450. The molecular weight excluding hydrogens is 256 g/mol. The van der Waals surface area contributed by atoms with Crippen molar-refractivity contribution in [3.63, 3.8) is 0 Å². The van der Waals surface area contributed by atoms with Gasteiger partial charge in [-0.15, -0.1) is 0 Å². The number of aryl methyl sites for hydroxylation is 1. The van der Waals surface area contributed by atoms with E-state index in [4.69, 9.17) is 21.0 Å². The van der Waals surface area contributed by atoms with Crippen molar-refractivity contribution in [2.75, 3.05) is 6.61 Å². The summed E-state index contributed by atoms with van der Waals surface area (Å²) in [7, 11) is 0. The van der Waals surface area contributed by atoms with Gasteiger partial charge in [-0.25, -0.2) is 4.98 Å². The summed E-state index contributed by atoms with van der Waals surface area (Å²) in [6.07, 6.45) is 0.488. The lowest BCUT2D eigenvalue weighted by Crippen LogP contribution is -2.14. The van der Waals surface area contributed by atoms with Crippen LogP contribution in [0.1, 0.15) is 17.0 Å². The average Bonchev–Trinajstić information content (AvgIpc) is 2.40. The number of para-hydroxylation sites is 1. The number of hydrogen-bond acceptors (Lipinski definition) is 5. The summed E-state index contributed by atoms with van der Waals surface area (Å²) in [6, 6.07) is 9.11. The van der Waals surface area contributed by atoms with Gasteiger partial charge in [-0.05, 0) is 31.0 Å². The van der Waals surface area contributed by atoms with Crippen LogP contribution in [0.3, 0.4) is 0 Å². The lowest BCUT2D eigenvalue weighted by atomic mass is 10.1. The summed E-state index contributed by atoms with van der Waals surface area (Å²) in [4.78, 5) is 8.25. The van der Waals surface area contributed by atoms with E-state index in [2.05, 4.69) is 9.97 Å². The third kappa shape index (κ3) is 3.30. The van der Waals surface area contributed by atoms with Crippen LogP contribution in [0.4, 0.5) is 0 Å². The first-order valence-electron chi connectivity index (χ1n) is 6.17. The Hall–Kier alpha value is -2.47. The first-order chi connectivity index (χ1) is 9.60. The van der Waals surface area contributed by atoms with Gasteiger partial charge in [-0.1, -0.05) is 18.2 Å². The van der Waals surface area contributed by atoms with Crippen LogP contribution < -0.4 is 10.5 Å². The summed E-state index contributed by atoms with van der Waals surface area (Å²) in [5.41, 5.74) is 7.28. The standard InChI is InChI=1S/C14H16N4O2/c1-9-8-11(13(15)16)18-14(17-9)20-12-5-3-2-4-10(12)6-7-19/h2-5,8,19H,6-7H2,1H3,(H3,15,16). The number of nitrogens with one attached hydrogen (secondary N) is 1. The predicted molar refractivity (Wildman–Crippen MR) is 75.1 cm³/mol. The second-order valence-corrected chi connectivity index (χ2v) is 4.27. The van der Waals surface area contributed by atoms with Crippen molar-refractivity contribution in [1.29, 1.82) is 5.41 Å². The molecule has 0 unspecified atom stereocenters. The molecule has 0 aliphatic heterocycles. The van der Waals surface area contributed by atoms with E-state index < -0.39 is 0 Å². The minimum Gasteiger partial charge on any atom is -0.424 e. The van der Waals surface area contributed by atoms with E-state index in [9.17, 15) is 0 Å². The first-order valence-corrected chi connectivity index (χ1v) is 6.17. The van der Waals surface area contributed by atoms with E-state index in [0.29, 0.717) is 23.6 Å². The molecule has 0 spiro atoms. The number of benzene rings is 1. The molecule has 0 atom stereocenters. The molecular formula is C14H16N4O2. The summed E-state index contributed by atoms with van der Waals surface area (Å²) in [5, 5.41) is 16.5. The largest absolute Gasteiger partial charge is 0.424 e. The number of nitrogen functional groups attached to an aromatic ring is 1. The fourth-order valence-corrected chi connectivity index (χ4v) is 1.75. The molecule has 0 radical (unpaired) electrons. The van der Waals surface area contributed by atoms with Crippen LogP contribution in [0.5, 0.6) is 11.8 Å². The van der Waals surface area contributed by atoms with Crippen molar-refractivity contribution in [2.24, 2.45) is 5.73 Å². The molecule has 0 amide bonds. The highest BCUT2D eigenvalue weighted by Crippen LogP contribution is 2.23. The minimum atomic E-state index is -0.135. The fraction of sp³-hybridized carbons (Fsp3) is 0.214. The van der Waals surface area contributed by atoms with Crippen molar-refractivity contribution in [2.45, 2.75) is 13.3 Å². The minimum absolute atomic E-state index is 0.0355. The Morgan fingerprint density at radius 3 is 2.80 bits per heavy atom. The third-order valence-electron chi connectivity index (χ3n) is 2.66.